The molecule has 0 amide bonds. The molecule has 2 rings (SSSR count). The van der Waals surface area contributed by atoms with Gasteiger partial charge in [-0.1, -0.05) is 0 Å². The van der Waals surface area contributed by atoms with Crippen molar-refractivity contribution in [2.45, 2.75) is 19.4 Å². The molecule has 94 valence electrons. The van der Waals surface area contributed by atoms with Crippen molar-refractivity contribution in [3.8, 4) is 17.2 Å². The number of halogens is 1. The molecule has 1 aromatic rings. The summed E-state index contributed by atoms with van der Waals surface area (Å²) in [5.74, 6) is 0.0595. The highest BCUT2D eigenvalue weighted by molar-refractivity contribution is 5.55. The smallest absolute Gasteiger partial charge is 0.175 e. The fourth-order valence-corrected chi connectivity index (χ4v) is 1.83. The summed E-state index contributed by atoms with van der Waals surface area (Å²) in [6.45, 7) is 3.71. The van der Waals surface area contributed by atoms with Gasteiger partial charge in [0, 0.05) is 6.07 Å². The van der Waals surface area contributed by atoms with Gasteiger partial charge >= 0.3 is 0 Å². The molecule has 0 unspecified atom stereocenters. The van der Waals surface area contributed by atoms with Gasteiger partial charge in [0.05, 0.1) is 18.3 Å². The van der Waals surface area contributed by atoms with Crippen molar-refractivity contribution >= 4 is 0 Å². The lowest BCUT2D eigenvalue weighted by atomic mass is 9.95. The van der Waals surface area contributed by atoms with Crippen LogP contribution in [0.1, 0.15) is 19.4 Å². The number of hydrogen-bond acceptors (Lipinski definition) is 4. The van der Waals surface area contributed by atoms with Crippen LogP contribution >= 0.6 is 0 Å². The molecule has 0 saturated carbocycles. The Labute approximate surface area is 98.9 Å². The van der Waals surface area contributed by atoms with E-state index < -0.39 is 11.4 Å². The first-order valence-corrected chi connectivity index (χ1v) is 5.34. The molecule has 0 saturated heterocycles. The molecule has 1 N–H and O–H groups in total. The molecule has 0 spiro atoms. The van der Waals surface area contributed by atoms with Crippen molar-refractivity contribution in [1.29, 1.82) is 0 Å². The minimum Gasteiger partial charge on any atom is -0.494 e. The zero-order chi connectivity index (χ0) is 12.6. The molecule has 1 aromatic carbocycles. The molecule has 17 heavy (non-hydrogen) atoms. The molecule has 1 aliphatic heterocycles. The van der Waals surface area contributed by atoms with Crippen molar-refractivity contribution in [2.75, 3.05) is 20.3 Å². The van der Waals surface area contributed by atoms with Crippen LogP contribution in [0.2, 0.25) is 0 Å². The van der Waals surface area contributed by atoms with E-state index in [1.54, 1.807) is 0 Å². The van der Waals surface area contributed by atoms with Crippen LogP contribution in [0.3, 0.4) is 0 Å². The Balaban J connectivity index is 2.68. The minimum atomic E-state index is -1.37. The van der Waals surface area contributed by atoms with Crippen LogP contribution in [0.15, 0.2) is 6.07 Å². The van der Waals surface area contributed by atoms with Crippen molar-refractivity contribution < 1.29 is 23.7 Å². The predicted molar refractivity (Wildman–Crippen MR) is 59.2 cm³/mol. The molecule has 0 fully saturated rings. The molecule has 0 aliphatic carbocycles. The number of methoxy groups -OCH3 is 1. The summed E-state index contributed by atoms with van der Waals surface area (Å²) in [4.78, 5) is 0. The highest BCUT2D eigenvalue weighted by Crippen LogP contribution is 2.44. The maximum atomic E-state index is 14.1. The molecule has 0 bridgehead atoms. The van der Waals surface area contributed by atoms with Crippen LogP contribution in [0, 0.1) is 5.82 Å². The first-order chi connectivity index (χ1) is 7.95. The molecule has 0 atom stereocenters. The Morgan fingerprint density at radius 1 is 1.35 bits per heavy atom. The predicted octanol–water partition coefficient (Wildman–Crippen LogP) is 1.83. The highest BCUT2D eigenvalue weighted by atomic mass is 19.1. The second kappa shape index (κ2) is 4.07. The van der Waals surface area contributed by atoms with Gasteiger partial charge in [-0.2, -0.15) is 0 Å². The third-order valence-electron chi connectivity index (χ3n) is 2.57. The number of hydrogen-bond donors (Lipinski definition) is 1. The molecule has 0 radical (unpaired) electrons. The zero-order valence-electron chi connectivity index (χ0n) is 10.0. The van der Waals surface area contributed by atoms with Crippen LogP contribution in [-0.4, -0.2) is 25.4 Å². The van der Waals surface area contributed by atoms with E-state index in [0.29, 0.717) is 19.0 Å². The summed E-state index contributed by atoms with van der Waals surface area (Å²) in [5.41, 5.74) is -1.31. The van der Waals surface area contributed by atoms with Gasteiger partial charge in [0.25, 0.3) is 0 Å². The van der Waals surface area contributed by atoms with Crippen molar-refractivity contribution in [1.82, 2.24) is 0 Å². The summed E-state index contributed by atoms with van der Waals surface area (Å²) in [5, 5.41) is 10.0. The largest absolute Gasteiger partial charge is 0.494 e. The third-order valence-corrected chi connectivity index (χ3v) is 2.57. The molecule has 5 heteroatoms. The number of ether oxygens (including phenoxy) is 3. The summed E-state index contributed by atoms with van der Waals surface area (Å²) < 4.78 is 29.8. The Bertz CT molecular complexity index is 437. The van der Waals surface area contributed by atoms with Gasteiger partial charge in [0.2, 0.25) is 0 Å². The van der Waals surface area contributed by atoms with E-state index in [0.717, 1.165) is 0 Å². The van der Waals surface area contributed by atoms with Crippen molar-refractivity contribution in [3.63, 3.8) is 0 Å². The van der Waals surface area contributed by atoms with Gasteiger partial charge in [-0.15, -0.1) is 0 Å². The normalized spacial score (nSPS) is 14.6. The van der Waals surface area contributed by atoms with E-state index in [4.69, 9.17) is 14.2 Å². The van der Waals surface area contributed by atoms with Gasteiger partial charge in [-0.3, -0.25) is 0 Å². The second-order valence-corrected chi connectivity index (χ2v) is 4.35. The van der Waals surface area contributed by atoms with Gasteiger partial charge in [0.15, 0.2) is 23.1 Å². The van der Waals surface area contributed by atoms with E-state index in [-0.39, 0.29) is 17.1 Å². The first kappa shape index (κ1) is 12.0. The van der Waals surface area contributed by atoms with E-state index in [9.17, 15) is 9.50 Å². The Morgan fingerprint density at radius 3 is 2.59 bits per heavy atom. The van der Waals surface area contributed by atoms with E-state index >= 15 is 0 Å². The molecule has 4 nitrogen and oxygen atoms in total. The maximum absolute atomic E-state index is 14.1. The first-order valence-electron chi connectivity index (χ1n) is 5.34. The quantitative estimate of drug-likeness (QED) is 0.859. The molecule has 0 aromatic heterocycles. The number of rotatable bonds is 2. The Morgan fingerprint density at radius 2 is 2.00 bits per heavy atom. The van der Waals surface area contributed by atoms with E-state index in [1.807, 2.05) is 0 Å². The van der Waals surface area contributed by atoms with E-state index in [2.05, 4.69) is 0 Å². The lowest BCUT2D eigenvalue weighted by Gasteiger charge is -2.27. The fourth-order valence-electron chi connectivity index (χ4n) is 1.83. The molecular weight excluding hydrogens is 227 g/mol. The van der Waals surface area contributed by atoms with Crippen LogP contribution in [-0.2, 0) is 5.60 Å². The lowest BCUT2D eigenvalue weighted by Crippen LogP contribution is -2.24. The Kier molecular flexibility index (Phi) is 2.87. The van der Waals surface area contributed by atoms with Gasteiger partial charge < -0.3 is 19.3 Å². The van der Waals surface area contributed by atoms with Crippen molar-refractivity contribution in [2.24, 2.45) is 0 Å². The third kappa shape index (κ3) is 2.02. The van der Waals surface area contributed by atoms with Crippen LogP contribution in [0.25, 0.3) is 0 Å². The monoisotopic (exact) mass is 242 g/mol. The lowest BCUT2D eigenvalue weighted by molar-refractivity contribution is 0.0650. The number of aliphatic hydroxyl groups is 1. The summed E-state index contributed by atoms with van der Waals surface area (Å²) in [6.07, 6.45) is 0. The van der Waals surface area contributed by atoms with E-state index in [1.165, 1.54) is 27.0 Å². The standard InChI is InChI=1S/C12H15FO4/c1-12(2,14)9-10(13)7(15-3)6-8-11(9)17-5-4-16-8/h6,14H,4-5H2,1-3H3. The van der Waals surface area contributed by atoms with Crippen molar-refractivity contribution in [3.05, 3.63) is 17.4 Å². The number of benzene rings is 1. The zero-order valence-corrected chi connectivity index (χ0v) is 10.0. The molecule has 1 heterocycles. The molecule has 1 aliphatic rings. The summed E-state index contributed by atoms with van der Waals surface area (Å²) in [6, 6.07) is 1.43. The van der Waals surface area contributed by atoms with Gasteiger partial charge in [0.1, 0.15) is 13.2 Å². The second-order valence-electron chi connectivity index (χ2n) is 4.35. The highest BCUT2D eigenvalue weighted by Gasteiger charge is 2.32. The summed E-state index contributed by atoms with van der Waals surface area (Å²) >= 11 is 0. The number of fused-ring (bicyclic) bond motifs is 1. The minimum absolute atomic E-state index is 0.0337. The van der Waals surface area contributed by atoms with Gasteiger partial charge in [-0.25, -0.2) is 4.39 Å². The SMILES string of the molecule is COc1cc2c(c(C(C)(C)O)c1F)OCCO2. The maximum Gasteiger partial charge on any atom is 0.175 e. The molecular formula is C12H15FO4. The van der Waals surface area contributed by atoms with Gasteiger partial charge in [-0.05, 0) is 13.8 Å². The topological polar surface area (TPSA) is 47.9 Å². The van der Waals surface area contributed by atoms with Crippen LogP contribution < -0.4 is 14.2 Å². The fraction of sp³-hybridized carbons (Fsp3) is 0.500. The van der Waals surface area contributed by atoms with Crippen LogP contribution in [0.4, 0.5) is 4.39 Å². The van der Waals surface area contributed by atoms with Crippen LogP contribution in [0.5, 0.6) is 17.2 Å². The average Bonchev–Trinajstić information content (AvgIpc) is 2.26. The summed E-state index contributed by atoms with van der Waals surface area (Å²) in [7, 11) is 1.36. The Hall–Kier alpha value is -1.49. The average molecular weight is 242 g/mol.